The Bertz CT molecular complexity index is 754. The van der Waals surface area contributed by atoms with E-state index in [0.29, 0.717) is 32.3 Å². The Morgan fingerprint density at radius 3 is 2.81 bits per heavy atom. The van der Waals surface area contributed by atoms with Gasteiger partial charge in [0, 0.05) is 21.8 Å². The molecule has 0 aliphatic carbocycles. The van der Waals surface area contributed by atoms with E-state index in [1.54, 1.807) is 24.3 Å². The molecule has 0 bridgehead atoms. The van der Waals surface area contributed by atoms with Crippen LogP contribution in [0.5, 0.6) is 0 Å². The van der Waals surface area contributed by atoms with Gasteiger partial charge >= 0.3 is 0 Å². The van der Waals surface area contributed by atoms with Gasteiger partial charge in [-0.2, -0.15) is 4.68 Å². The second-order valence-corrected chi connectivity index (χ2v) is 5.51. The molecule has 3 aromatic rings. The van der Waals surface area contributed by atoms with E-state index in [1.165, 1.54) is 16.8 Å². The van der Waals surface area contributed by atoms with E-state index in [2.05, 4.69) is 31.5 Å². The first-order chi connectivity index (χ1) is 10.1. The third-order valence-corrected chi connectivity index (χ3v) is 3.84. The Kier molecular flexibility index (Phi) is 3.60. The average Bonchev–Trinajstić information content (AvgIpc) is 2.93. The maximum Gasteiger partial charge on any atom is 0.188 e. The molecule has 0 amide bonds. The minimum atomic E-state index is -0.395. The lowest BCUT2D eigenvalue weighted by Gasteiger charge is -2.08. The summed E-state index contributed by atoms with van der Waals surface area (Å²) in [6.07, 6.45) is 0. The highest BCUT2D eigenvalue weighted by Gasteiger charge is 2.16. The molecule has 3 rings (SSSR count). The summed E-state index contributed by atoms with van der Waals surface area (Å²) in [4.78, 5) is 0. The lowest BCUT2D eigenvalue weighted by atomic mass is 10.2. The van der Waals surface area contributed by atoms with Crippen LogP contribution in [0.15, 0.2) is 40.9 Å². The molecule has 8 heteroatoms. The van der Waals surface area contributed by atoms with Gasteiger partial charge in [-0.3, -0.25) is 0 Å². The van der Waals surface area contributed by atoms with Gasteiger partial charge in [-0.05, 0) is 56.7 Å². The molecule has 21 heavy (non-hydrogen) atoms. The molecule has 2 aromatic carbocycles. The maximum atomic E-state index is 13.5. The molecule has 0 atom stereocenters. The van der Waals surface area contributed by atoms with E-state index in [1.807, 2.05) is 0 Å². The summed E-state index contributed by atoms with van der Waals surface area (Å²) in [7, 11) is 0. The molecule has 0 aliphatic rings. The van der Waals surface area contributed by atoms with Crippen LogP contribution in [0.25, 0.3) is 17.1 Å². The van der Waals surface area contributed by atoms with Crippen LogP contribution in [0.2, 0.25) is 5.02 Å². The highest BCUT2D eigenvalue weighted by atomic mass is 79.9. The molecule has 0 fully saturated rings. The van der Waals surface area contributed by atoms with Gasteiger partial charge in [0.25, 0.3) is 0 Å². The number of nitrogen functional groups attached to an aromatic ring is 1. The highest BCUT2D eigenvalue weighted by Crippen LogP contribution is 2.31. The van der Waals surface area contributed by atoms with Crippen LogP contribution in [0.3, 0.4) is 0 Å². The van der Waals surface area contributed by atoms with Gasteiger partial charge < -0.3 is 5.73 Å². The standard InChI is InChI=1S/C13H8BrClFN5/c14-10-3-1-7(16)5-12(10)21-13(18-19-20-21)9-6-8(17)2-4-11(9)15/h1-6H,17H2. The van der Waals surface area contributed by atoms with Crippen molar-refractivity contribution < 1.29 is 4.39 Å². The highest BCUT2D eigenvalue weighted by molar-refractivity contribution is 9.10. The number of nitrogens with two attached hydrogens (primary N) is 1. The Morgan fingerprint density at radius 2 is 2.00 bits per heavy atom. The van der Waals surface area contributed by atoms with Crippen LogP contribution in [0.1, 0.15) is 0 Å². The van der Waals surface area contributed by atoms with Crippen LogP contribution < -0.4 is 5.73 Å². The molecule has 1 heterocycles. The van der Waals surface area contributed by atoms with Crippen molar-refractivity contribution in [2.45, 2.75) is 0 Å². The van der Waals surface area contributed by atoms with E-state index in [9.17, 15) is 4.39 Å². The smallest absolute Gasteiger partial charge is 0.188 e. The second kappa shape index (κ2) is 5.42. The first kappa shape index (κ1) is 14.0. The molecule has 0 saturated carbocycles. The molecule has 0 aliphatic heterocycles. The monoisotopic (exact) mass is 367 g/mol. The number of rotatable bonds is 2. The fourth-order valence-corrected chi connectivity index (χ4v) is 2.50. The third-order valence-electron chi connectivity index (χ3n) is 2.84. The minimum Gasteiger partial charge on any atom is -0.399 e. The SMILES string of the molecule is Nc1ccc(Cl)c(-c2nnnn2-c2cc(F)ccc2Br)c1. The van der Waals surface area contributed by atoms with Crippen LogP contribution in [0, 0.1) is 5.82 Å². The lowest BCUT2D eigenvalue weighted by molar-refractivity contribution is 0.624. The van der Waals surface area contributed by atoms with Gasteiger partial charge in [-0.25, -0.2) is 4.39 Å². The lowest BCUT2D eigenvalue weighted by Crippen LogP contribution is -2.02. The summed E-state index contributed by atoms with van der Waals surface area (Å²) in [5, 5.41) is 11.9. The van der Waals surface area contributed by atoms with Gasteiger partial charge in [-0.15, -0.1) is 5.10 Å². The van der Waals surface area contributed by atoms with Crippen molar-refractivity contribution >= 4 is 33.2 Å². The molecule has 5 nitrogen and oxygen atoms in total. The first-order valence-corrected chi connectivity index (χ1v) is 7.02. The van der Waals surface area contributed by atoms with Gasteiger partial charge in [-0.1, -0.05) is 11.6 Å². The number of anilines is 1. The van der Waals surface area contributed by atoms with Crippen LogP contribution in [-0.2, 0) is 0 Å². The van der Waals surface area contributed by atoms with Crippen molar-refractivity contribution in [2.75, 3.05) is 5.73 Å². The quantitative estimate of drug-likeness (QED) is 0.703. The number of benzene rings is 2. The van der Waals surface area contributed by atoms with E-state index < -0.39 is 5.82 Å². The van der Waals surface area contributed by atoms with E-state index in [4.69, 9.17) is 17.3 Å². The topological polar surface area (TPSA) is 69.6 Å². The zero-order valence-electron chi connectivity index (χ0n) is 10.5. The molecule has 106 valence electrons. The number of tetrazole rings is 1. The predicted molar refractivity (Wildman–Crippen MR) is 81.7 cm³/mol. The van der Waals surface area contributed by atoms with Gasteiger partial charge in [0.2, 0.25) is 0 Å². The summed E-state index contributed by atoms with van der Waals surface area (Å²) in [5.74, 6) is -0.0214. The molecule has 2 N–H and O–H groups in total. The zero-order valence-corrected chi connectivity index (χ0v) is 12.8. The fraction of sp³-hybridized carbons (Fsp3) is 0. The predicted octanol–water partition coefficient (Wildman–Crippen LogP) is 3.47. The summed E-state index contributed by atoms with van der Waals surface area (Å²) < 4.78 is 15.5. The van der Waals surface area contributed by atoms with Crippen LogP contribution >= 0.6 is 27.5 Å². The van der Waals surface area contributed by atoms with Crippen molar-refractivity contribution in [3.8, 4) is 17.1 Å². The molecule has 0 saturated heterocycles. The summed E-state index contributed by atoms with van der Waals surface area (Å²) in [6.45, 7) is 0. The molecule has 0 radical (unpaired) electrons. The van der Waals surface area contributed by atoms with Crippen LogP contribution in [0.4, 0.5) is 10.1 Å². The third kappa shape index (κ3) is 2.62. The van der Waals surface area contributed by atoms with Crippen molar-refractivity contribution in [1.29, 1.82) is 0 Å². The Hall–Kier alpha value is -1.99. The number of hydrogen-bond acceptors (Lipinski definition) is 4. The van der Waals surface area contributed by atoms with Gasteiger partial charge in [0.1, 0.15) is 5.82 Å². The Morgan fingerprint density at radius 1 is 1.19 bits per heavy atom. The van der Waals surface area contributed by atoms with Crippen molar-refractivity contribution in [1.82, 2.24) is 20.2 Å². The average molecular weight is 369 g/mol. The summed E-state index contributed by atoms with van der Waals surface area (Å²) in [5.41, 5.74) is 7.33. The number of hydrogen-bond donors (Lipinski definition) is 1. The van der Waals surface area contributed by atoms with Crippen LogP contribution in [-0.4, -0.2) is 20.2 Å². The first-order valence-electron chi connectivity index (χ1n) is 5.85. The largest absolute Gasteiger partial charge is 0.399 e. The van der Waals surface area contributed by atoms with E-state index in [-0.39, 0.29) is 0 Å². The second-order valence-electron chi connectivity index (χ2n) is 4.25. The number of nitrogens with zero attached hydrogens (tertiary/aromatic N) is 4. The molecular formula is C13H8BrClFN5. The Labute approximate surface area is 132 Å². The molecule has 0 unspecified atom stereocenters. The Balaban J connectivity index is 2.22. The fourth-order valence-electron chi connectivity index (χ4n) is 1.88. The van der Waals surface area contributed by atoms with Crippen molar-refractivity contribution in [2.24, 2.45) is 0 Å². The molecule has 0 spiro atoms. The minimum absolute atomic E-state index is 0.374. The zero-order chi connectivity index (χ0) is 15.0. The van der Waals surface area contributed by atoms with Gasteiger partial charge in [0.15, 0.2) is 5.82 Å². The normalized spacial score (nSPS) is 10.8. The van der Waals surface area contributed by atoms with Gasteiger partial charge in [0.05, 0.1) is 10.7 Å². The van der Waals surface area contributed by atoms with Crippen molar-refractivity contribution in [3.63, 3.8) is 0 Å². The number of halogens is 3. The summed E-state index contributed by atoms with van der Waals surface area (Å²) in [6, 6.07) is 9.24. The maximum absolute atomic E-state index is 13.5. The van der Waals surface area contributed by atoms with Crippen molar-refractivity contribution in [3.05, 3.63) is 51.7 Å². The van der Waals surface area contributed by atoms with E-state index >= 15 is 0 Å². The molecular weight excluding hydrogens is 361 g/mol. The van der Waals surface area contributed by atoms with E-state index in [0.717, 1.165) is 0 Å². The number of aromatic nitrogens is 4. The molecule has 1 aromatic heterocycles. The summed E-state index contributed by atoms with van der Waals surface area (Å²) >= 11 is 9.52.